The van der Waals surface area contributed by atoms with E-state index in [4.69, 9.17) is 0 Å². The van der Waals surface area contributed by atoms with Crippen LogP contribution in [0, 0.1) is 0 Å². The zero-order chi connectivity index (χ0) is 12.6. The molecule has 2 N–H and O–H groups in total. The van der Waals surface area contributed by atoms with Crippen molar-refractivity contribution >= 4 is 5.97 Å². The van der Waals surface area contributed by atoms with Crippen molar-refractivity contribution < 1.29 is 9.90 Å². The number of aliphatic carboxylic acids is 1. The van der Waals surface area contributed by atoms with Crippen LogP contribution >= 0.6 is 0 Å². The van der Waals surface area contributed by atoms with Gasteiger partial charge in [-0.05, 0) is 26.2 Å². The number of nitrogens with one attached hydrogen (secondary N) is 1. The lowest BCUT2D eigenvalue weighted by Crippen LogP contribution is -2.53. The summed E-state index contributed by atoms with van der Waals surface area (Å²) in [6.07, 6.45) is 5.96. The first-order valence-electron chi connectivity index (χ1n) is 6.51. The van der Waals surface area contributed by atoms with E-state index in [1.165, 1.54) is 0 Å². The molecule has 0 aromatic carbocycles. The predicted molar refractivity (Wildman–Crippen MR) is 67.7 cm³/mol. The van der Waals surface area contributed by atoms with Crippen LogP contribution in [0.3, 0.4) is 0 Å². The summed E-state index contributed by atoms with van der Waals surface area (Å²) in [5, 5.41) is 12.6. The fraction of sp³-hybridized carbons (Fsp3) is 0.923. The third-order valence-corrected chi connectivity index (χ3v) is 3.14. The van der Waals surface area contributed by atoms with Gasteiger partial charge in [0.2, 0.25) is 0 Å². The molecule has 0 bridgehead atoms. The second-order valence-corrected chi connectivity index (χ2v) is 4.78. The SMILES string of the molecule is CCCCC(CC)NC(C)(CCC)C(=O)O. The molecule has 0 fully saturated rings. The number of unbranched alkanes of at least 4 members (excludes halogenated alkanes) is 1. The number of hydrogen-bond donors (Lipinski definition) is 2. The molecule has 0 heterocycles. The summed E-state index contributed by atoms with van der Waals surface area (Å²) in [5.74, 6) is -0.732. The van der Waals surface area contributed by atoms with Crippen molar-refractivity contribution in [1.82, 2.24) is 5.32 Å². The molecule has 0 aliphatic rings. The molecule has 0 spiro atoms. The topological polar surface area (TPSA) is 49.3 Å². The summed E-state index contributed by atoms with van der Waals surface area (Å²) in [4.78, 5) is 11.3. The average Bonchev–Trinajstić information content (AvgIpc) is 2.24. The molecular formula is C13H27NO2. The van der Waals surface area contributed by atoms with E-state index in [0.29, 0.717) is 12.5 Å². The fourth-order valence-electron chi connectivity index (χ4n) is 2.02. The zero-order valence-corrected chi connectivity index (χ0v) is 11.2. The van der Waals surface area contributed by atoms with Crippen molar-refractivity contribution in [2.24, 2.45) is 0 Å². The zero-order valence-electron chi connectivity index (χ0n) is 11.2. The molecule has 0 aliphatic carbocycles. The van der Waals surface area contributed by atoms with Gasteiger partial charge < -0.3 is 5.11 Å². The van der Waals surface area contributed by atoms with E-state index in [1.807, 2.05) is 6.92 Å². The Hall–Kier alpha value is -0.570. The summed E-state index contributed by atoms with van der Waals surface area (Å²) in [6.45, 7) is 8.10. The van der Waals surface area contributed by atoms with Crippen LogP contribution in [0.15, 0.2) is 0 Å². The molecule has 0 aliphatic heterocycles. The van der Waals surface area contributed by atoms with Crippen molar-refractivity contribution in [2.45, 2.75) is 77.8 Å². The number of rotatable bonds is 9. The van der Waals surface area contributed by atoms with E-state index in [9.17, 15) is 9.90 Å². The van der Waals surface area contributed by atoms with Crippen molar-refractivity contribution in [1.29, 1.82) is 0 Å². The molecule has 0 saturated heterocycles. The largest absolute Gasteiger partial charge is 0.480 e. The molecule has 3 heteroatoms. The summed E-state index contributed by atoms with van der Waals surface area (Å²) >= 11 is 0. The number of hydrogen-bond acceptors (Lipinski definition) is 2. The third kappa shape index (κ3) is 4.97. The highest BCUT2D eigenvalue weighted by Gasteiger charge is 2.33. The Morgan fingerprint density at radius 1 is 1.31 bits per heavy atom. The Labute approximate surface area is 99.6 Å². The molecule has 16 heavy (non-hydrogen) atoms. The van der Waals surface area contributed by atoms with Crippen LogP contribution in [-0.4, -0.2) is 22.7 Å². The molecule has 0 amide bonds. The number of carbonyl (C=O) groups is 1. The van der Waals surface area contributed by atoms with Gasteiger partial charge in [-0.25, -0.2) is 0 Å². The van der Waals surface area contributed by atoms with Crippen LogP contribution in [0.4, 0.5) is 0 Å². The van der Waals surface area contributed by atoms with E-state index in [-0.39, 0.29) is 0 Å². The van der Waals surface area contributed by atoms with Gasteiger partial charge in [0.25, 0.3) is 0 Å². The second-order valence-electron chi connectivity index (χ2n) is 4.78. The Kier molecular flexibility index (Phi) is 7.39. The van der Waals surface area contributed by atoms with Gasteiger partial charge in [-0.3, -0.25) is 10.1 Å². The normalized spacial score (nSPS) is 16.8. The Morgan fingerprint density at radius 3 is 2.31 bits per heavy atom. The predicted octanol–water partition coefficient (Wildman–Crippen LogP) is 3.19. The van der Waals surface area contributed by atoms with Crippen LogP contribution < -0.4 is 5.32 Å². The standard InChI is InChI=1S/C13H27NO2/c1-5-8-9-11(7-3)14-13(4,10-6-2)12(15)16/h11,14H,5-10H2,1-4H3,(H,15,16). The molecule has 0 radical (unpaired) electrons. The molecule has 96 valence electrons. The van der Waals surface area contributed by atoms with Gasteiger partial charge in [0.05, 0.1) is 0 Å². The van der Waals surface area contributed by atoms with Crippen LogP contribution in [0.2, 0.25) is 0 Å². The third-order valence-electron chi connectivity index (χ3n) is 3.14. The summed E-state index contributed by atoms with van der Waals surface area (Å²) in [5.41, 5.74) is -0.761. The second kappa shape index (κ2) is 7.66. The van der Waals surface area contributed by atoms with E-state index >= 15 is 0 Å². The summed E-state index contributed by atoms with van der Waals surface area (Å²) in [6, 6.07) is 0.326. The highest BCUT2D eigenvalue weighted by Crippen LogP contribution is 2.16. The summed E-state index contributed by atoms with van der Waals surface area (Å²) in [7, 11) is 0. The number of carboxylic acid groups (broad SMARTS) is 1. The first-order chi connectivity index (χ1) is 7.50. The lowest BCUT2D eigenvalue weighted by molar-refractivity contribution is -0.145. The molecule has 2 atom stereocenters. The Balaban J connectivity index is 4.40. The molecular weight excluding hydrogens is 202 g/mol. The van der Waals surface area contributed by atoms with Crippen LogP contribution in [0.1, 0.15) is 66.2 Å². The van der Waals surface area contributed by atoms with Crippen LogP contribution in [0.5, 0.6) is 0 Å². The first kappa shape index (κ1) is 15.4. The quantitative estimate of drug-likeness (QED) is 0.638. The van der Waals surface area contributed by atoms with Gasteiger partial charge in [0.15, 0.2) is 0 Å². The smallest absolute Gasteiger partial charge is 0.323 e. The fourth-order valence-corrected chi connectivity index (χ4v) is 2.02. The lowest BCUT2D eigenvalue weighted by atomic mass is 9.93. The van der Waals surface area contributed by atoms with Gasteiger partial charge in [-0.2, -0.15) is 0 Å². The van der Waals surface area contributed by atoms with E-state index in [0.717, 1.165) is 32.1 Å². The molecule has 0 rings (SSSR count). The highest BCUT2D eigenvalue weighted by atomic mass is 16.4. The van der Waals surface area contributed by atoms with E-state index in [1.54, 1.807) is 6.92 Å². The lowest BCUT2D eigenvalue weighted by Gasteiger charge is -2.31. The van der Waals surface area contributed by atoms with Gasteiger partial charge in [0, 0.05) is 6.04 Å². The first-order valence-corrected chi connectivity index (χ1v) is 6.51. The molecule has 0 aromatic rings. The van der Waals surface area contributed by atoms with E-state index in [2.05, 4.69) is 19.2 Å². The molecule has 3 nitrogen and oxygen atoms in total. The van der Waals surface area contributed by atoms with E-state index < -0.39 is 11.5 Å². The average molecular weight is 229 g/mol. The van der Waals surface area contributed by atoms with Gasteiger partial charge in [-0.1, -0.05) is 40.0 Å². The molecule has 0 aromatic heterocycles. The van der Waals surface area contributed by atoms with Crippen molar-refractivity contribution in [2.75, 3.05) is 0 Å². The maximum absolute atomic E-state index is 11.3. The minimum Gasteiger partial charge on any atom is -0.480 e. The van der Waals surface area contributed by atoms with Crippen LogP contribution in [0.25, 0.3) is 0 Å². The minimum atomic E-state index is -0.761. The van der Waals surface area contributed by atoms with Gasteiger partial charge >= 0.3 is 5.97 Å². The van der Waals surface area contributed by atoms with Crippen LogP contribution in [-0.2, 0) is 4.79 Å². The van der Waals surface area contributed by atoms with Crippen molar-refractivity contribution in [3.63, 3.8) is 0 Å². The van der Waals surface area contributed by atoms with Crippen molar-refractivity contribution in [3.05, 3.63) is 0 Å². The maximum Gasteiger partial charge on any atom is 0.323 e. The molecule has 0 saturated carbocycles. The number of carboxylic acids is 1. The summed E-state index contributed by atoms with van der Waals surface area (Å²) < 4.78 is 0. The van der Waals surface area contributed by atoms with Crippen molar-refractivity contribution in [3.8, 4) is 0 Å². The minimum absolute atomic E-state index is 0.326. The van der Waals surface area contributed by atoms with Gasteiger partial charge in [-0.15, -0.1) is 0 Å². The monoisotopic (exact) mass is 229 g/mol. The molecule has 2 unspecified atom stereocenters. The Morgan fingerprint density at radius 2 is 1.94 bits per heavy atom. The Bertz CT molecular complexity index is 206. The maximum atomic E-state index is 11.3. The van der Waals surface area contributed by atoms with Gasteiger partial charge in [0.1, 0.15) is 5.54 Å². The highest BCUT2D eigenvalue weighted by molar-refractivity contribution is 5.78.